The van der Waals surface area contributed by atoms with Gasteiger partial charge in [0.05, 0.1) is 21.5 Å². The van der Waals surface area contributed by atoms with E-state index in [2.05, 4.69) is 5.32 Å². The normalized spacial score (nSPS) is 10.9. The average Bonchev–Trinajstić information content (AvgIpc) is 2.59. The van der Waals surface area contributed by atoms with Crippen molar-refractivity contribution in [3.63, 3.8) is 0 Å². The highest BCUT2D eigenvalue weighted by Crippen LogP contribution is 2.23. The summed E-state index contributed by atoms with van der Waals surface area (Å²) < 4.78 is 0. The quantitative estimate of drug-likeness (QED) is 0.518. The van der Waals surface area contributed by atoms with Crippen LogP contribution in [-0.2, 0) is 4.79 Å². The maximum Gasteiger partial charge on any atom is 0.330 e. The second kappa shape index (κ2) is 8.30. The van der Waals surface area contributed by atoms with Crippen LogP contribution in [0.2, 0.25) is 0 Å². The lowest BCUT2D eigenvalue weighted by Crippen LogP contribution is -2.33. The summed E-state index contributed by atoms with van der Waals surface area (Å²) in [6, 6.07) is 8.76. The largest absolute Gasteiger partial charge is 0.479 e. The predicted molar refractivity (Wildman–Crippen MR) is 90.0 cm³/mol. The van der Waals surface area contributed by atoms with E-state index >= 15 is 0 Å². The molecule has 2 rings (SSSR count). The van der Waals surface area contributed by atoms with Gasteiger partial charge in [-0.25, -0.2) is 4.79 Å². The highest BCUT2D eigenvalue weighted by Gasteiger charge is 2.25. The molecular formula is C15H15N4O7+. The topological polar surface area (TPSA) is 189 Å². The molecule has 0 saturated carbocycles. The molecule has 1 atom stereocenters. The van der Waals surface area contributed by atoms with Crippen molar-refractivity contribution in [3.8, 4) is 0 Å². The van der Waals surface area contributed by atoms with Gasteiger partial charge in [0.2, 0.25) is 0 Å². The van der Waals surface area contributed by atoms with Crippen LogP contribution in [0.1, 0.15) is 22.0 Å². The molecule has 11 nitrogen and oxygen atoms in total. The predicted octanol–water partition coefficient (Wildman–Crippen LogP) is 2.43. The molecule has 2 aromatic carbocycles. The number of nitrogens with zero attached hydrogens (tertiary/aromatic N) is 2. The van der Waals surface area contributed by atoms with Gasteiger partial charge in [0.25, 0.3) is 17.3 Å². The Morgan fingerprint density at radius 2 is 1.46 bits per heavy atom. The van der Waals surface area contributed by atoms with Crippen molar-refractivity contribution in [2.24, 2.45) is 0 Å². The zero-order valence-corrected chi connectivity index (χ0v) is 13.5. The van der Waals surface area contributed by atoms with Crippen LogP contribution >= 0.6 is 0 Å². The summed E-state index contributed by atoms with van der Waals surface area (Å²) in [6.45, 7) is 0. The molecule has 0 radical (unpaired) electrons. The maximum absolute atomic E-state index is 12.3. The van der Waals surface area contributed by atoms with Crippen molar-refractivity contribution >= 4 is 23.3 Å². The van der Waals surface area contributed by atoms with Crippen molar-refractivity contribution in [1.29, 1.82) is 0 Å². The Hall–Kier alpha value is -3.86. The number of nitro groups is 2. The summed E-state index contributed by atoms with van der Waals surface area (Å²) in [4.78, 5) is 43.6. The van der Waals surface area contributed by atoms with Gasteiger partial charge in [-0.1, -0.05) is 30.3 Å². The van der Waals surface area contributed by atoms with Crippen molar-refractivity contribution in [1.82, 2.24) is 11.5 Å². The monoisotopic (exact) mass is 363 g/mol. The highest BCUT2D eigenvalue weighted by atomic mass is 16.6. The number of carbonyl (C=O) groups is 2. The Bertz CT molecular complexity index is 822. The summed E-state index contributed by atoms with van der Waals surface area (Å²) in [5.74, 6) is -2.33. The first-order chi connectivity index (χ1) is 11.8. The first-order valence-corrected chi connectivity index (χ1v) is 6.82. The minimum absolute atomic E-state index is 0. The lowest BCUT2D eigenvalue weighted by molar-refractivity contribution is -0.394. The van der Waals surface area contributed by atoms with E-state index in [1.54, 1.807) is 18.2 Å². The second-order valence-corrected chi connectivity index (χ2v) is 4.91. The van der Waals surface area contributed by atoms with E-state index in [4.69, 9.17) is 0 Å². The zero-order valence-electron chi connectivity index (χ0n) is 13.5. The molecule has 0 heterocycles. The van der Waals surface area contributed by atoms with Gasteiger partial charge < -0.3 is 16.6 Å². The van der Waals surface area contributed by atoms with E-state index in [1.807, 2.05) is 0 Å². The Kier molecular flexibility index (Phi) is 6.44. The van der Waals surface area contributed by atoms with Gasteiger partial charge in [-0.15, -0.1) is 0 Å². The van der Waals surface area contributed by atoms with Gasteiger partial charge in [-0.3, -0.25) is 25.0 Å². The number of hydrogen-bond acceptors (Lipinski definition) is 6. The van der Waals surface area contributed by atoms with Gasteiger partial charge in [0, 0.05) is 12.1 Å². The van der Waals surface area contributed by atoms with Crippen LogP contribution in [-0.4, -0.2) is 26.8 Å². The van der Waals surface area contributed by atoms with E-state index < -0.39 is 39.1 Å². The van der Waals surface area contributed by atoms with Crippen molar-refractivity contribution < 1.29 is 24.5 Å². The molecule has 136 valence electrons. The minimum Gasteiger partial charge on any atom is -0.479 e. The number of quaternary nitrogens is 1. The van der Waals surface area contributed by atoms with Crippen LogP contribution < -0.4 is 11.5 Å². The van der Waals surface area contributed by atoms with Crippen molar-refractivity contribution in [2.75, 3.05) is 0 Å². The molecule has 1 amide bonds. The summed E-state index contributed by atoms with van der Waals surface area (Å²) in [5, 5.41) is 33.2. The van der Waals surface area contributed by atoms with Crippen molar-refractivity contribution in [2.45, 2.75) is 6.04 Å². The Morgan fingerprint density at radius 3 is 1.88 bits per heavy atom. The molecule has 6 N–H and O–H groups in total. The molecule has 0 bridgehead atoms. The third-order valence-corrected chi connectivity index (χ3v) is 3.24. The number of carbonyl (C=O) groups excluding carboxylic acids is 1. The molecule has 0 saturated heterocycles. The maximum atomic E-state index is 12.3. The fraction of sp³-hybridized carbons (Fsp3) is 0.0667. The lowest BCUT2D eigenvalue weighted by atomic mass is 10.1. The number of carboxylic acids is 1. The number of rotatable bonds is 6. The average molecular weight is 363 g/mol. The molecule has 0 aliphatic rings. The molecule has 11 heteroatoms. The molecule has 0 aliphatic carbocycles. The van der Waals surface area contributed by atoms with Gasteiger partial charge in [-0.2, -0.15) is 0 Å². The number of hydrogen-bond donors (Lipinski definition) is 3. The summed E-state index contributed by atoms with van der Waals surface area (Å²) >= 11 is 0. The molecule has 0 fully saturated rings. The first-order valence-electron chi connectivity index (χ1n) is 6.82. The molecule has 0 aromatic heterocycles. The van der Waals surface area contributed by atoms with E-state index in [-0.39, 0.29) is 17.3 Å². The fourth-order valence-corrected chi connectivity index (χ4v) is 2.08. The smallest absolute Gasteiger partial charge is 0.330 e. The summed E-state index contributed by atoms with van der Waals surface area (Å²) in [5.41, 5.74) is -1.40. The SMILES string of the molecule is O=C(N[C@H](C(=O)O)c1ccccc1)c1cc([N+](=O)[O-])cc([N+](=O)[O-])c1.[NH4+]. The lowest BCUT2D eigenvalue weighted by Gasteiger charge is -2.14. The third-order valence-electron chi connectivity index (χ3n) is 3.24. The summed E-state index contributed by atoms with van der Waals surface area (Å²) in [6.07, 6.45) is 0. The molecule has 26 heavy (non-hydrogen) atoms. The zero-order chi connectivity index (χ0) is 18.6. The first kappa shape index (κ1) is 20.2. The number of nitro benzene ring substituents is 2. The summed E-state index contributed by atoms with van der Waals surface area (Å²) in [7, 11) is 0. The molecule has 0 spiro atoms. The number of benzene rings is 2. The Balaban J connectivity index is 0.00000338. The number of non-ortho nitro benzene ring substituents is 2. The van der Waals surface area contributed by atoms with Crippen molar-refractivity contribution in [3.05, 3.63) is 79.9 Å². The van der Waals surface area contributed by atoms with Crippen LogP contribution in [0, 0.1) is 20.2 Å². The number of aliphatic carboxylic acids is 1. The Morgan fingerprint density at radius 1 is 0.962 bits per heavy atom. The van der Waals surface area contributed by atoms with Gasteiger partial charge in [0.1, 0.15) is 0 Å². The van der Waals surface area contributed by atoms with Gasteiger partial charge in [-0.05, 0) is 5.56 Å². The van der Waals surface area contributed by atoms with E-state index in [1.165, 1.54) is 12.1 Å². The molecular weight excluding hydrogens is 348 g/mol. The van der Waals surface area contributed by atoms with E-state index in [0.717, 1.165) is 12.1 Å². The Labute approximate surface area is 146 Å². The fourth-order valence-electron chi connectivity index (χ4n) is 2.08. The minimum atomic E-state index is -1.41. The number of nitrogens with one attached hydrogen (secondary N) is 1. The van der Waals surface area contributed by atoms with E-state index in [0.29, 0.717) is 6.07 Å². The van der Waals surface area contributed by atoms with Crippen LogP contribution in [0.25, 0.3) is 0 Å². The molecule has 0 unspecified atom stereocenters. The van der Waals surface area contributed by atoms with Crippen LogP contribution in [0.15, 0.2) is 48.5 Å². The van der Waals surface area contributed by atoms with Crippen LogP contribution in [0.5, 0.6) is 0 Å². The molecule has 0 aliphatic heterocycles. The van der Waals surface area contributed by atoms with Gasteiger partial charge in [0.15, 0.2) is 6.04 Å². The second-order valence-electron chi connectivity index (χ2n) is 4.91. The standard InChI is InChI=1S/C15H11N3O7.H3N/c19-14(16-13(15(20)21)9-4-2-1-3-5-9)10-6-11(17(22)23)8-12(7-10)18(24)25;/h1-8,13H,(H,16,19)(H,20,21);1H3/p+1/t13-;/m0./s1. The van der Waals surface area contributed by atoms with Crippen LogP contribution in [0.3, 0.4) is 0 Å². The van der Waals surface area contributed by atoms with Gasteiger partial charge >= 0.3 is 5.97 Å². The number of amides is 1. The molecule has 2 aromatic rings. The number of carboxylic acid groups (broad SMARTS) is 1. The van der Waals surface area contributed by atoms with E-state index in [9.17, 15) is 34.9 Å². The third kappa shape index (κ3) is 4.58. The van der Waals surface area contributed by atoms with Crippen LogP contribution in [0.4, 0.5) is 11.4 Å². The highest BCUT2D eigenvalue weighted by molar-refractivity contribution is 5.98.